The van der Waals surface area contributed by atoms with Gasteiger partial charge in [0.05, 0.1) is 12.1 Å². The highest BCUT2D eigenvalue weighted by atomic mass is 19.4. The summed E-state index contributed by atoms with van der Waals surface area (Å²) in [6.07, 6.45) is -9.60. The van der Waals surface area contributed by atoms with Gasteiger partial charge < -0.3 is 14.6 Å². The minimum atomic E-state index is -5.07. The van der Waals surface area contributed by atoms with Crippen molar-refractivity contribution in [2.45, 2.75) is 19.1 Å². The van der Waals surface area contributed by atoms with Crippen molar-refractivity contribution < 1.29 is 45.7 Å². The van der Waals surface area contributed by atoms with E-state index < -0.39 is 36.6 Å². The maximum Gasteiger partial charge on any atom is 0.573 e. The largest absolute Gasteiger partial charge is 0.573 e. The SMILES string of the molecule is O=C(O)Cc1ccnc(-c2ccccc2OC(F)(F)F)c1-c1ccccc1OC(F)(F)F. The normalized spacial score (nSPS) is 11.8. The molecule has 0 fully saturated rings. The number of nitrogens with zero attached hydrogens (tertiary/aromatic N) is 1. The molecule has 0 bridgehead atoms. The van der Waals surface area contributed by atoms with Crippen LogP contribution in [0.2, 0.25) is 0 Å². The molecule has 3 aromatic rings. The molecule has 2 aromatic carbocycles. The number of hydrogen-bond donors (Lipinski definition) is 1. The summed E-state index contributed by atoms with van der Waals surface area (Å²) < 4.78 is 85.6. The van der Waals surface area contributed by atoms with E-state index in [0.29, 0.717) is 0 Å². The number of benzene rings is 2. The Morgan fingerprint density at radius 3 is 1.84 bits per heavy atom. The Labute approximate surface area is 176 Å². The van der Waals surface area contributed by atoms with Gasteiger partial charge in [-0.25, -0.2) is 0 Å². The number of pyridine rings is 1. The lowest BCUT2D eigenvalue weighted by Crippen LogP contribution is -2.18. The molecule has 0 aliphatic carbocycles. The van der Waals surface area contributed by atoms with Gasteiger partial charge >= 0.3 is 18.7 Å². The van der Waals surface area contributed by atoms with Crippen LogP contribution in [0.25, 0.3) is 22.4 Å². The maximum absolute atomic E-state index is 12.9. The second-order valence-electron chi connectivity index (χ2n) is 6.35. The van der Waals surface area contributed by atoms with Gasteiger partial charge in [-0.1, -0.05) is 30.3 Å². The first-order valence-electron chi connectivity index (χ1n) is 8.84. The molecule has 0 saturated carbocycles. The van der Waals surface area contributed by atoms with Crippen LogP contribution in [-0.2, 0) is 11.2 Å². The number of aliphatic carboxylic acids is 1. The van der Waals surface area contributed by atoms with Gasteiger partial charge in [-0.3, -0.25) is 9.78 Å². The molecule has 0 radical (unpaired) electrons. The summed E-state index contributed by atoms with van der Waals surface area (Å²) >= 11 is 0. The zero-order chi connectivity index (χ0) is 23.5. The quantitative estimate of drug-likeness (QED) is 0.471. The highest BCUT2D eigenvalue weighted by Crippen LogP contribution is 2.43. The number of ether oxygens (including phenoxy) is 2. The number of halogens is 6. The predicted molar refractivity (Wildman–Crippen MR) is 99.8 cm³/mol. The second-order valence-corrected chi connectivity index (χ2v) is 6.35. The first-order chi connectivity index (χ1) is 14.9. The number of hydrogen-bond acceptors (Lipinski definition) is 4. The van der Waals surface area contributed by atoms with Crippen LogP contribution in [0.4, 0.5) is 26.3 Å². The van der Waals surface area contributed by atoms with Crippen LogP contribution < -0.4 is 9.47 Å². The number of carbonyl (C=O) groups is 1. The monoisotopic (exact) mass is 457 g/mol. The number of carboxylic acids is 1. The molecule has 5 nitrogen and oxygen atoms in total. The van der Waals surface area contributed by atoms with Crippen LogP contribution in [0.1, 0.15) is 5.56 Å². The van der Waals surface area contributed by atoms with E-state index in [4.69, 9.17) is 0 Å². The van der Waals surface area contributed by atoms with E-state index in [2.05, 4.69) is 14.5 Å². The van der Waals surface area contributed by atoms with Crippen LogP contribution in [-0.4, -0.2) is 28.8 Å². The number of alkyl halides is 6. The van der Waals surface area contributed by atoms with E-state index in [1.165, 1.54) is 42.5 Å². The van der Waals surface area contributed by atoms with Gasteiger partial charge in [-0.2, -0.15) is 0 Å². The third-order valence-electron chi connectivity index (χ3n) is 4.13. The van der Waals surface area contributed by atoms with E-state index in [1.54, 1.807) is 0 Å². The molecule has 0 atom stereocenters. The number of rotatable bonds is 6. The van der Waals surface area contributed by atoms with Gasteiger partial charge in [-0.05, 0) is 29.8 Å². The molecule has 168 valence electrons. The van der Waals surface area contributed by atoms with E-state index in [-0.39, 0.29) is 27.9 Å². The fourth-order valence-corrected chi connectivity index (χ4v) is 3.08. The Morgan fingerprint density at radius 1 is 0.812 bits per heavy atom. The Bertz CT molecular complexity index is 1130. The molecule has 0 aliphatic heterocycles. The van der Waals surface area contributed by atoms with E-state index in [0.717, 1.165) is 18.3 Å². The number of carboxylic acid groups (broad SMARTS) is 1. The molecule has 1 N–H and O–H groups in total. The lowest BCUT2D eigenvalue weighted by atomic mass is 9.92. The molecule has 0 spiro atoms. The molecule has 0 amide bonds. The lowest BCUT2D eigenvalue weighted by Gasteiger charge is -2.19. The molecule has 32 heavy (non-hydrogen) atoms. The van der Waals surface area contributed by atoms with Crippen molar-refractivity contribution in [1.29, 1.82) is 0 Å². The van der Waals surface area contributed by atoms with Crippen molar-refractivity contribution in [2.24, 2.45) is 0 Å². The minimum Gasteiger partial charge on any atom is -0.481 e. The van der Waals surface area contributed by atoms with Gasteiger partial charge in [0.25, 0.3) is 0 Å². The molecule has 0 unspecified atom stereocenters. The van der Waals surface area contributed by atoms with Crippen LogP contribution >= 0.6 is 0 Å². The summed E-state index contributed by atoms with van der Waals surface area (Å²) in [6.45, 7) is 0. The molecule has 11 heteroatoms. The van der Waals surface area contributed by atoms with Gasteiger partial charge in [0.15, 0.2) is 0 Å². The third-order valence-corrected chi connectivity index (χ3v) is 4.13. The maximum atomic E-state index is 12.9. The van der Waals surface area contributed by atoms with Gasteiger partial charge in [0.2, 0.25) is 0 Å². The van der Waals surface area contributed by atoms with Crippen LogP contribution in [0.15, 0.2) is 60.8 Å². The fourth-order valence-electron chi connectivity index (χ4n) is 3.08. The summed E-state index contributed by atoms with van der Waals surface area (Å²) in [5.74, 6) is -2.64. The predicted octanol–water partition coefficient (Wildman–Crippen LogP) is 5.84. The first kappa shape index (κ1) is 22.9. The van der Waals surface area contributed by atoms with Crippen molar-refractivity contribution in [3.05, 3.63) is 66.4 Å². The number of para-hydroxylation sites is 2. The number of aromatic nitrogens is 1. The Hall–Kier alpha value is -3.76. The van der Waals surface area contributed by atoms with Gasteiger partial charge in [0.1, 0.15) is 11.5 Å². The molecule has 0 saturated heterocycles. The molecule has 1 heterocycles. The van der Waals surface area contributed by atoms with Crippen LogP contribution in [0.3, 0.4) is 0 Å². The Kier molecular flexibility index (Phi) is 6.28. The average Bonchev–Trinajstić information content (AvgIpc) is 2.66. The fraction of sp³-hybridized carbons (Fsp3) is 0.143. The summed E-state index contributed by atoms with van der Waals surface area (Å²) in [5.41, 5.74) is -0.725. The molecule has 1 aromatic heterocycles. The minimum absolute atomic E-state index is 0.0162. The second kappa shape index (κ2) is 8.77. The smallest absolute Gasteiger partial charge is 0.481 e. The zero-order valence-electron chi connectivity index (χ0n) is 15.9. The highest BCUT2D eigenvalue weighted by molar-refractivity contribution is 5.89. The van der Waals surface area contributed by atoms with Crippen molar-refractivity contribution in [2.75, 3.05) is 0 Å². The lowest BCUT2D eigenvalue weighted by molar-refractivity contribution is -0.275. The first-order valence-corrected chi connectivity index (χ1v) is 8.84. The van der Waals surface area contributed by atoms with Crippen molar-refractivity contribution in [3.63, 3.8) is 0 Å². The summed E-state index contributed by atoms with van der Waals surface area (Å²) in [4.78, 5) is 15.4. The third kappa shape index (κ3) is 5.68. The van der Waals surface area contributed by atoms with Gasteiger partial charge in [-0.15, -0.1) is 26.3 Å². The standard InChI is InChI=1S/C21H13F6NO4/c22-20(23,24)31-15-7-3-1-5-13(15)18-12(11-17(29)30)9-10-28-19(18)14-6-2-4-8-16(14)32-21(25,26)27/h1-10H,11H2,(H,29,30). The topological polar surface area (TPSA) is 68.7 Å². The average molecular weight is 457 g/mol. The van der Waals surface area contributed by atoms with Crippen molar-refractivity contribution in [3.8, 4) is 33.9 Å². The highest BCUT2D eigenvalue weighted by Gasteiger charge is 2.34. The molecular weight excluding hydrogens is 444 g/mol. The Balaban J connectivity index is 2.31. The van der Waals surface area contributed by atoms with Crippen LogP contribution in [0, 0.1) is 0 Å². The summed E-state index contributed by atoms with van der Waals surface area (Å²) in [7, 11) is 0. The van der Waals surface area contributed by atoms with E-state index in [1.807, 2.05) is 0 Å². The Morgan fingerprint density at radius 2 is 1.31 bits per heavy atom. The molecular formula is C21H13F6NO4. The van der Waals surface area contributed by atoms with E-state index >= 15 is 0 Å². The molecule has 3 rings (SSSR count). The van der Waals surface area contributed by atoms with Crippen molar-refractivity contribution >= 4 is 5.97 Å². The van der Waals surface area contributed by atoms with Gasteiger partial charge in [0, 0.05) is 22.9 Å². The zero-order valence-corrected chi connectivity index (χ0v) is 15.9. The van der Waals surface area contributed by atoms with Crippen molar-refractivity contribution in [1.82, 2.24) is 4.98 Å². The molecule has 0 aliphatic rings. The van der Waals surface area contributed by atoms with E-state index in [9.17, 15) is 36.2 Å². The summed E-state index contributed by atoms with van der Waals surface area (Å²) in [6, 6.07) is 11.0. The van der Waals surface area contributed by atoms with Crippen LogP contribution in [0.5, 0.6) is 11.5 Å². The summed E-state index contributed by atoms with van der Waals surface area (Å²) in [5, 5.41) is 9.26.